The molecule has 0 spiro atoms. The van der Waals surface area contributed by atoms with Gasteiger partial charge < -0.3 is 20.5 Å². The first-order valence-corrected chi connectivity index (χ1v) is 6.34. The van der Waals surface area contributed by atoms with Crippen LogP contribution >= 0.6 is 0 Å². The maximum atomic E-state index is 11.6. The number of carboxylic acid groups (broad SMARTS) is 1. The van der Waals surface area contributed by atoms with Gasteiger partial charge in [-0.15, -0.1) is 0 Å². The number of nitrogens with one attached hydrogen (secondary N) is 2. The minimum Gasteiger partial charge on any atom is -0.480 e. The fourth-order valence-electron chi connectivity index (χ4n) is 1.88. The average Bonchev–Trinajstić information content (AvgIpc) is 2.77. The fourth-order valence-corrected chi connectivity index (χ4v) is 1.88. The first-order chi connectivity index (χ1) is 8.49. The Morgan fingerprint density at radius 1 is 1.44 bits per heavy atom. The van der Waals surface area contributed by atoms with Gasteiger partial charge in [0.1, 0.15) is 6.04 Å². The summed E-state index contributed by atoms with van der Waals surface area (Å²) in [5.41, 5.74) is 0. The topological polar surface area (TPSA) is 87.7 Å². The predicted octanol–water partition coefficient (Wildman–Crippen LogP) is 0.821. The van der Waals surface area contributed by atoms with Crippen LogP contribution < -0.4 is 10.6 Å². The molecule has 1 heterocycles. The van der Waals surface area contributed by atoms with Crippen LogP contribution in [-0.4, -0.2) is 42.9 Å². The summed E-state index contributed by atoms with van der Waals surface area (Å²) in [6.45, 7) is 5.77. The number of urea groups is 1. The Hall–Kier alpha value is -1.30. The van der Waals surface area contributed by atoms with Crippen molar-refractivity contribution in [2.24, 2.45) is 11.8 Å². The van der Waals surface area contributed by atoms with Gasteiger partial charge in [0, 0.05) is 19.1 Å². The van der Waals surface area contributed by atoms with E-state index in [2.05, 4.69) is 10.6 Å². The Morgan fingerprint density at radius 3 is 2.67 bits per heavy atom. The van der Waals surface area contributed by atoms with Crippen LogP contribution in [0.25, 0.3) is 0 Å². The molecule has 2 atom stereocenters. The molecule has 1 rings (SSSR count). The summed E-state index contributed by atoms with van der Waals surface area (Å²) in [6, 6.07) is -1.25. The van der Waals surface area contributed by atoms with E-state index in [1.54, 1.807) is 0 Å². The van der Waals surface area contributed by atoms with E-state index in [0.29, 0.717) is 25.5 Å². The van der Waals surface area contributed by atoms with Crippen molar-refractivity contribution >= 4 is 12.0 Å². The van der Waals surface area contributed by atoms with E-state index in [9.17, 15) is 9.59 Å². The molecule has 18 heavy (non-hydrogen) atoms. The maximum absolute atomic E-state index is 11.6. The van der Waals surface area contributed by atoms with Crippen LogP contribution in [0.2, 0.25) is 0 Å². The molecule has 6 heteroatoms. The number of ether oxygens (including phenoxy) is 1. The third-order valence-corrected chi connectivity index (χ3v) is 2.89. The summed E-state index contributed by atoms with van der Waals surface area (Å²) >= 11 is 0. The molecule has 1 fully saturated rings. The van der Waals surface area contributed by atoms with Crippen molar-refractivity contribution in [3.63, 3.8) is 0 Å². The van der Waals surface area contributed by atoms with Crippen LogP contribution in [0.15, 0.2) is 0 Å². The van der Waals surface area contributed by atoms with Gasteiger partial charge >= 0.3 is 12.0 Å². The van der Waals surface area contributed by atoms with Gasteiger partial charge in [-0.3, -0.25) is 0 Å². The van der Waals surface area contributed by atoms with E-state index in [-0.39, 0.29) is 5.92 Å². The van der Waals surface area contributed by atoms with Gasteiger partial charge in [0.15, 0.2) is 0 Å². The number of amides is 2. The molecule has 0 aliphatic carbocycles. The highest BCUT2D eigenvalue weighted by molar-refractivity contribution is 5.82. The number of hydrogen-bond acceptors (Lipinski definition) is 3. The number of hydrogen-bond donors (Lipinski definition) is 3. The van der Waals surface area contributed by atoms with E-state index in [0.717, 1.165) is 13.0 Å². The van der Waals surface area contributed by atoms with Gasteiger partial charge in [0.2, 0.25) is 0 Å². The van der Waals surface area contributed by atoms with Crippen LogP contribution in [0, 0.1) is 11.8 Å². The van der Waals surface area contributed by atoms with Crippen molar-refractivity contribution in [1.82, 2.24) is 10.6 Å². The van der Waals surface area contributed by atoms with Gasteiger partial charge in [-0.1, -0.05) is 13.8 Å². The molecule has 0 aromatic rings. The first kappa shape index (κ1) is 14.8. The normalized spacial score (nSPS) is 20.7. The van der Waals surface area contributed by atoms with Crippen molar-refractivity contribution in [2.75, 3.05) is 19.8 Å². The lowest BCUT2D eigenvalue weighted by Gasteiger charge is -2.17. The van der Waals surface area contributed by atoms with Gasteiger partial charge in [0.25, 0.3) is 0 Å². The second-order valence-corrected chi connectivity index (χ2v) is 5.10. The second-order valence-electron chi connectivity index (χ2n) is 5.10. The monoisotopic (exact) mass is 258 g/mol. The van der Waals surface area contributed by atoms with Crippen molar-refractivity contribution in [2.45, 2.75) is 32.7 Å². The lowest BCUT2D eigenvalue weighted by Crippen LogP contribution is -2.47. The zero-order valence-corrected chi connectivity index (χ0v) is 10.9. The van der Waals surface area contributed by atoms with Crippen molar-refractivity contribution in [1.29, 1.82) is 0 Å². The molecule has 1 aliphatic rings. The van der Waals surface area contributed by atoms with E-state index < -0.39 is 18.0 Å². The maximum Gasteiger partial charge on any atom is 0.326 e. The van der Waals surface area contributed by atoms with Crippen molar-refractivity contribution < 1.29 is 19.4 Å². The highest BCUT2D eigenvalue weighted by Crippen LogP contribution is 2.10. The molecule has 1 saturated heterocycles. The number of carboxylic acids is 1. The van der Waals surface area contributed by atoms with Crippen LogP contribution in [0.3, 0.4) is 0 Å². The minimum absolute atomic E-state index is 0.217. The first-order valence-electron chi connectivity index (χ1n) is 6.34. The summed E-state index contributed by atoms with van der Waals surface area (Å²) in [5, 5.41) is 14.2. The standard InChI is InChI=1S/C12H22N2O4/c1-8(2)5-10(11(15)16)14-12(17)13-6-9-3-4-18-7-9/h8-10H,3-7H2,1-2H3,(H,15,16)(H2,13,14,17). The van der Waals surface area contributed by atoms with Gasteiger partial charge in [-0.25, -0.2) is 9.59 Å². The summed E-state index contributed by atoms with van der Waals surface area (Å²) in [7, 11) is 0. The van der Waals surface area contributed by atoms with Crippen LogP contribution in [0.5, 0.6) is 0 Å². The summed E-state index contributed by atoms with van der Waals surface area (Å²) in [4.78, 5) is 22.5. The molecule has 6 nitrogen and oxygen atoms in total. The number of aliphatic carboxylic acids is 1. The third-order valence-electron chi connectivity index (χ3n) is 2.89. The Balaban J connectivity index is 2.29. The molecular weight excluding hydrogens is 236 g/mol. The Kier molecular flexibility index (Phi) is 5.91. The molecule has 0 aromatic carbocycles. The third kappa shape index (κ3) is 5.35. The smallest absolute Gasteiger partial charge is 0.326 e. The number of carbonyl (C=O) groups is 2. The predicted molar refractivity (Wildman–Crippen MR) is 66.3 cm³/mol. The van der Waals surface area contributed by atoms with Gasteiger partial charge in [-0.2, -0.15) is 0 Å². The van der Waals surface area contributed by atoms with Gasteiger partial charge in [-0.05, 0) is 18.8 Å². The average molecular weight is 258 g/mol. The lowest BCUT2D eigenvalue weighted by molar-refractivity contribution is -0.139. The molecule has 0 saturated carbocycles. The SMILES string of the molecule is CC(C)CC(NC(=O)NCC1CCOC1)C(=O)O. The Bertz CT molecular complexity index is 288. The largest absolute Gasteiger partial charge is 0.480 e. The zero-order chi connectivity index (χ0) is 13.5. The van der Waals surface area contributed by atoms with Crippen LogP contribution in [-0.2, 0) is 9.53 Å². The fraction of sp³-hybridized carbons (Fsp3) is 0.833. The molecule has 104 valence electrons. The van der Waals surface area contributed by atoms with Crippen molar-refractivity contribution in [3.05, 3.63) is 0 Å². The highest BCUT2D eigenvalue weighted by Gasteiger charge is 2.22. The highest BCUT2D eigenvalue weighted by atomic mass is 16.5. The summed E-state index contributed by atoms with van der Waals surface area (Å²) < 4.78 is 5.20. The molecule has 1 aliphatic heterocycles. The zero-order valence-electron chi connectivity index (χ0n) is 10.9. The summed E-state index contributed by atoms with van der Waals surface area (Å²) in [5.74, 6) is -0.443. The molecule has 2 unspecified atom stereocenters. The molecule has 2 amide bonds. The molecule has 0 aromatic heterocycles. The molecule has 0 bridgehead atoms. The van der Waals surface area contributed by atoms with E-state index >= 15 is 0 Å². The number of rotatable bonds is 6. The molecule has 0 radical (unpaired) electrons. The van der Waals surface area contributed by atoms with Crippen molar-refractivity contribution in [3.8, 4) is 0 Å². The number of carbonyl (C=O) groups excluding carboxylic acids is 1. The Morgan fingerprint density at radius 2 is 2.17 bits per heavy atom. The Labute approximate surface area is 107 Å². The quantitative estimate of drug-likeness (QED) is 0.658. The van der Waals surface area contributed by atoms with Crippen LogP contribution in [0.4, 0.5) is 4.79 Å². The van der Waals surface area contributed by atoms with E-state index in [4.69, 9.17) is 9.84 Å². The second kappa shape index (κ2) is 7.20. The van der Waals surface area contributed by atoms with E-state index in [1.165, 1.54) is 0 Å². The van der Waals surface area contributed by atoms with Crippen LogP contribution in [0.1, 0.15) is 26.7 Å². The summed E-state index contributed by atoms with van der Waals surface area (Å²) in [6.07, 6.45) is 1.37. The lowest BCUT2D eigenvalue weighted by atomic mass is 10.0. The molecule has 3 N–H and O–H groups in total. The van der Waals surface area contributed by atoms with E-state index in [1.807, 2.05) is 13.8 Å². The minimum atomic E-state index is -0.997. The molecular formula is C12H22N2O4. The van der Waals surface area contributed by atoms with Gasteiger partial charge in [0.05, 0.1) is 6.61 Å².